The summed E-state index contributed by atoms with van der Waals surface area (Å²) in [6, 6.07) is 8.22. The molecule has 1 aromatic rings. The number of thioether (sulfide) groups is 1. The Morgan fingerprint density at radius 3 is 2.06 bits per heavy atom. The van der Waals surface area contributed by atoms with E-state index >= 15 is 0 Å². The van der Waals surface area contributed by atoms with Crippen LogP contribution in [-0.2, 0) is 30.2 Å². The lowest BCUT2D eigenvalue weighted by Gasteiger charge is -2.26. The van der Waals surface area contributed by atoms with Gasteiger partial charge in [0.2, 0.25) is 0 Å². The fourth-order valence-electron chi connectivity index (χ4n) is 3.04. The topological polar surface area (TPSA) is 103 Å². The zero-order valence-electron chi connectivity index (χ0n) is 22.3. The van der Waals surface area contributed by atoms with E-state index in [0.29, 0.717) is 17.9 Å². The molecule has 0 saturated carbocycles. The van der Waals surface area contributed by atoms with Crippen molar-refractivity contribution in [2.24, 2.45) is 0 Å². The molecule has 1 aromatic carbocycles. The number of hydrogen-bond donors (Lipinski definition) is 2. The Morgan fingerprint density at radius 2 is 1.51 bits per heavy atom. The average Bonchev–Trinajstić information content (AvgIpc) is 2.71. The molecule has 0 radical (unpaired) electrons. The van der Waals surface area contributed by atoms with Gasteiger partial charge in [-0.2, -0.15) is 11.8 Å². The van der Waals surface area contributed by atoms with Crippen LogP contribution >= 0.6 is 11.8 Å². The average molecular weight is 511 g/mol. The quantitative estimate of drug-likeness (QED) is 0.320. The molecule has 35 heavy (non-hydrogen) atoms. The maximum Gasteiger partial charge on any atom is 0.407 e. The normalized spacial score (nSPS) is 14.4. The van der Waals surface area contributed by atoms with Crippen LogP contribution in [0.1, 0.15) is 61.0 Å². The SMILES string of the molecule is CCOC(=O)[C@H](CSC[C@H](Cc1ccccc1)NC(=O)OC(C)(C)C)NC(C)C(=O)OC(C)(C)C. The molecule has 1 rings (SSSR count). The van der Waals surface area contributed by atoms with Crippen molar-refractivity contribution in [3.8, 4) is 0 Å². The van der Waals surface area contributed by atoms with Crippen LogP contribution in [0.2, 0.25) is 0 Å². The number of amides is 1. The molecule has 3 atom stereocenters. The van der Waals surface area contributed by atoms with Crippen LogP contribution in [0.4, 0.5) is 4.79 Å². The number of carbonyl (C=O) groups excluding carboxylic acids is 3. The van der Waals surface area contributed by atoms with E-state index in [1.165, 1.54) is 11.8 Å². The van der Waals surface area contributed by atoms with Gasteiger partial charge in [-0.25, -0.2) is 4.79 Å². The first-order valence-electron chi connectivity index (χ1n) is 12.0. The molecule has 198 valence electrons. The molecule has 0 aromatic heterocycles. The summed E-state index contributed by atoms with van der Waals surface area (Å²) < 4.78 is 16.0. The van der Waals surface area contributed by atoms with Gasteiger partial charge < -0.3 is 19.5 Å². The third-order valence-corrected chi connectivity index (χ3v) is 5.64. The van der Waals surface area contributed by atoms with Gasteiger partial charge in [-0.1, -0.05) is 30.3 Å². The van der Waals surface area contributed by atoms with Gasteiger partial charge in [0.25, 0.3) is 0 Å². The number of esters is 2. The zero-order chi connectivity index (χ0) is 26.6. The number of hydrogen-bond acceptors (Lipinski definition) is 8. The van der Waals surface area contributed by atoms with E-state index in [1.54, 1.807) is 34.6 Å². The molecule has 0 spiro atoms. The number of benzene rings is 1. The summed E-state index contributed by atoms with van der Waals surface area (Å²) in [5.74, 6) is 0.0141. The van der Waals surface area contributed by atoms with Crippen LogP contribution in [-0.4, -0.2) is 65.5 Å². The van der Waals surface area contributed by atoms with Crippen LogP contribution in [0.25, 0.3) is 0 Å². The van der Waals surface area contributed by atoms with E-state index in [1.807, 2.05) is 51.1 Å². The Bertz CT molecular complexity index is 804. The van der Waals surface area contributed by atoms with E-state index in [9.17, 15) is 14.4 Å². The summed E-state index contributed by atoms with van der Waals surface area (Å²) in [4.78, 5) is 37.3. The summed E-state index contributed by atoms with van der Waals surface area (Å²) >= 11 is 1.48. The van der Waals surface area contributed by atoms with Crippen molar-refractivity contribution in [3.05, 3.63) is 35.9 Å². The first kappa shape index (κ1) is 30.8. The van der Waals surface area contributed by atoms with Crippen LogP contribution in [0.3, 0.4) is 0 Å². The van der Waals surface area contributed by atoms with Gasteiger partial charge in [0, 0.05) is 17.5 Å². The lowest BCUT2D eigenvalue weighted by molar-refractivity contribution is -0.157. The summed E-state index contributed by atoms with van der Waals surface area (Å²) in [6.45, 7) is 14.5. The highest BCUT2D eigenvalue weighted by atomic mass is 32.2. The van der Waals surface area contributed by atoms with Gasteiger partial charge in [0.15, 0.2) is 0 Å². The van der Waals surface area contributed by atoms with E-state index in [4.69, 9.17) is 14.2 Å². The summed E-state index contributed by atoms with van der Waals surface area (Å²) in [6.07, 6.45) is 0.122. The predicted octanol–water partition coefficient (Wildman–Crippen LogP) is 4.11. The highest BCUT2D eigenvalue weighted by Gasteiger charge is 2.28. The lowest BCUT2D eigenvalue weighted by Crippen LogP contribution is -2.49. The molecule has 0 aliphatic heterocycles. The number of alkyl carbamates (subject to hydrolysis) is 1. The maximum absolute atomic E-state index is 12.5. The molecule has 0 saturated heterocycles. The Morgan fingerprint density at radius 1 is 0.914 bits per heavy atom. The Hall–Kier alpha value is -2.26. The Kier molecular flexibility index (Phi) is 12.6. The number of nitrogens with one attached hydrogen (secondary N) is 2. The second-order valence-corrected chi connectivity index (χ2v) is 11.4. The molecular formula is C26H42N2O6S. The number of carbonyl (C=O) groups is 3. The number of rotatable bonds is 12. The van der Waals surface area contributed by atoms with E-state index in [2.05, 4.69) is 10.6 Å². The zero-order valence-corrected chi connectivity index (χ0v) is 23.1. The smallest absolute Gasteiger partial charge is 0.407 e. The predicted molar refractivity (Wildman–Crippen MR) is 139 cm³/mol. The molecule has 1 amide bonds. The number of ether oxygens (including phenoxy) is 3. The summed E-state index contributed by atoms with van der Waals surface area (Å²) in [7, 11) is 0. The van der Waals surface area contributed by atoms with E-state index < -0.39 is 41.3 Å². The third kappa shape index (κ3) is 14.0. The molecule has 9 heteroatoms. The highest BCUT2D eigenvalue weighted by Crippen LogP contribution is 2.14. The van der Waals surface area contributed by atoms with Gasteiger partial charge in [-0.05, 0) is 67.4 Å². The van der Waals surface area contributed by atoms with Gasteiger partial charge in [0.1, 0.15) is 23.3 Å². The van der Waals surface area contributed by atoms with Crippen LogP contribution in [0, 0.1) is 0 Å². The van der Waals surface area contributed by atoms with Crippen molar-refractivity contribution in [2.75, 3.05) is 18.1 Å². The van der Waals surface area contributed by atoms with Gasteiger partial charge in [-0.15, -0.1) is 0 Å². The molecule has 2 N–H and O–H groups in total. The minimum atomic E-state index is -0.707. The fraction of sp³-hybridized carbons (Fsp3) is 0.654. The van der Waals surface area contributed by atoms with Crippen molar-refractivity contribution in [1.82, 2.24) is 10.6 Å². The first-order valence-corrected chi connectivity index (χ1v) is 13.1. The van der Waals surface area contributed by atoms with Crippen LogP contribution in [0.15, 0.2) is 30.3 Å². The Labute approximate surface area is 214 Å². The van der Waals surface area contributed by atoms with E-state index in [-0.39, 0.29) is 12.6 Å². The highest BCUT2D eigenvalue weighted by molar-refractivity contribution is 7.99. The van der Waals surface area contributed by atoms with Gasteiger partial charge in [-0.3, -0.25) is 14.9 Å². The molecule has 1 unspecified atom stereocenters. The Balaban J connectivity index is 2.83. The second-order valence-electron chi connectivity index (χ2n) is 10.3. The van der Waals surface area contributed by atoms with Crippen LogP contribution < -0.4 is 10.6 Å². The molecule has 0 aliphatic rings. The second kappa shape index (κ2) is 14.3. The van der Waals surface area contributed by atoms with Crippen molar-refractivity contribution < 1.29 is 28.6 Å². The largest absolute Gasteiger partial charge is 0.465 e. The lowest BCUT2D eigenvalue weighted by atomic mass is 10.1. The molecular weight excluding hydrogens is 468 g/mol. The van der Waals surface area contributed by atoms with Crippen molar-refractivity contribution in [1.29, 1.82) is 0 Å². The van der Waals surface area contributed by atoms with Gasteiger partial charge in [0.05, 0.1) is 6.61 Å². The third-order valence-electron chi connectivity index (χ3n) is 4.43. The monoisotopic (exact) mass is 510 g/mol. The maximum atomic E-state index is 12.5. The minimum absolute atomic E-state index is 0.219. The molecule has 0 aliphatic carbocycles. The molecule has 0 heterocycles. The first-order chi connectivity index (χ1) is 16.2. The van der Waals surface area contributed by atoms with Crippen LogP contribution in [0.5, 0.6) is 0 Å². The summed E-state index contributed by atoms with van der Waals surface area (Å²) in [5.41, 5.74) is -0.155. The van der Waals surface area contributed by atoms with E-state index in [0.717, 1.165) is 5.56 Å². The van der Waals surface area contributed by atoms with Crippen molar-refractivity contribution in [3.63, 3.8) is 0 Å². The minimum Gasteiger partial charge on any atom is -0.465 e. The van der Waals surface area contributed by atoms with Gasteiger partial charge >= 0.3 is 18.0 Å². The summed E-state index contributed by atoms with van der Waals surface area (Å²) in [5, 5.41) is 5.98. The molecule has 0 bridgehead atoms. The molecule has 0 fully saturated rings. The van der Waals surface area contributed by atoms with Crippen molar-refractivity contribution in [2.45, 2.75) is 91.1 Å². The standard InChI is InChI=1S/C26H42N2O6S/c1-9-32-23(30)21(27-18(2)22(29)33-25(3,4)5)17-35-16-20(15-19-13-11-10-12-14-19)28-24(31)34-26(6,7)8/h10-14,18,20-21,27H,9,15-17H2,1-8H3,(H,28,31)/t18?,20-,21-/m0/s1. The molecule has 8 nitrogen and oxygen atoms in total. The fourth-order valence-corrected chi connectivity index (χ4v) is 4.13. The van der Waals surface area contributed by atoms with Crippen molar-refractivity contribution >= 4 is 29.8 Å².